The Kier molecular flexibility index (Phi) is 4.22. The highest BCUT2D eigenvalue weighted by atomic mass is 16.6. The van der Waals surface area contributed by atoms with Crippen molar-refractivity contribution in [2.24, 2.45) is 0 Å². The van der Waals surface area contributed by atoms with Crippen molar-refractivity contribution in [3.8, 4) is 0 Å². The van der Waals surface area contributed by atoms with E-state index in [0.29, 0.717) is 0 Å². The number of likely N-dealkylation sites (tertiary alicyclic amines) is 1. The van der Waals surface area contributed by atoms with Gasteiger partial charge in [0.15, 0.2) is 0 Å². The van der Waals surface area contributed by atoms with Crippen LogP contribution in [0.1, 0.15) is 49.3 Å². The third kappa shape index (κ3) is 5.00. The minimum absolute atomic E-state index is 0.193. The summed E-state index contributed by atoms with van der Waals surface area (Å²) < 4.78 is 18.1. The number of amides is 1. The van der Waals surface area contributed by atoms with E-state index < -0.39 is 35.4 Å². The predicted molar refractivity (Wildman–Crippen MR) is 73.2 cm³/mol. The number of aliphatic hydroxyl groups is 1. The first-order chi connectivity index (χ1) is 9.20. The van der Waals surface area contributed by atoms with Crippen LogP contribution < -0.4 is 0 Å². The van der Waals surface area contributed by atoms with Gasteiger partial charge < -0.3 is 14.6 Å². The molecule has 0 saturated carbocycles. The molecule has 0 spiro atoms. The van der Waals surface area contributed by atoms with Gasteiger partial charge >= 0.3 is 12.1 Å². The molecule has 1 rings (SSSR count). The summed E-state index contributed by atoms with van der Waals surface area (Å²) in [6.07, 6.45) is -2.80. The normalized spacial score (nSPS) is 28.1. The molecule has 0 aromatic rings. The number of hydrogen-bond donors (Lipinski definition) is 1. The number of carbonyl (C=O) groups is 2. The second kappa shape index (κ2) is 5.60. The van der Waals surface area contributed by atoms with Crippen LogP contribution in [0.25, 0.3) is 0 Å². The van der Waals surface area contributed by atoms with Crippen LogP contribution in [0.3, 0.4) is 0 Å². The second-order valence-corrected chi connectivity index (χ2v) is 6.93. The summed E-state index contributed by atoms with van der Waals surface area (Å²) in [6, 6.07) is -1.01. The number of ether oxygens (including phenoxy) is 2. The van der Waals surface area contributed by atoms with Gasteiger partial charge in [0.25, 0.3) is 0 Å². The van der Waals surface area contributed by atoms with Gasteiger partial charge in [0.1, 0.15) is 17.2 Å². The average Bonchev–Trinajstić information content (AvgIpc) is 2.49. The van der Waals surface area contributed by atoms with Crippen molar-refractivity contribution in [1.82, 2.24) is 4.90 Å². The number of rotatable bonds is 1. The van der Waals surface area contributed by atoms with Gasteiger partial charge in [-0.3, -0.25) is 4.90 Å². The SMILES string of the molecule is [2H]C1(O)C[C@@H](C(=O)OC(C)(C)C)N(C(=O)OC(C)(C)C)C1. The molecule has 1 unspecified atom stereocenters. The van der Waals surface area contributed by atoms with Crippen molar-refractivity contribution in [3.63, 3.8) is 0 Å². The number of hydrogen-bond acceptors (Lipinski definition) is 5. The molecule has 1 N–H and O–H groups in total. The van der Waals surface area contributed by atoms with Crippen LogP contribution in [-0.2, 0) is 14.3 Å². The molecule has 0 aromatic heterocycles. The van der Waals surface area contributed by atoms with Crippen molar-refractivity contribution in [3.05, 3.63) is 0 Å². The predicted octanol–water partition coefficient (Wildman–Crippen LogP) is 1.70. The van der Waals surface area contributed by atoms with Crippen LogP contribution in [0.2, 0.25) is 0 Å². The zero-order valence-corrected chi connectivity index (χ0v) is 13.0. The lowest BCUT2D eigenvalue weighted by Gasteiger charge is -2.29. The molecule has 1 fully saturated rings. The highest BCUT2D eigenvalue weighted by molar-refractivity contribution is 5.82. The van der Waals surface area contributed by atoms with E-state index in [1.807, 2.05) is 0 Å². The van der Waals surface area contributed by atoms with Gasteiger partial charge in [-0.25, -0.2) is 9.59 Å². The van der Waals surface area contributed by atoms with E-state index in [0.717, 1.165) is 4.90 Å². The Morgan fingerprint density at radius 1 is 1.15 bits per heavy atom. The van der Waals surface area contributed by atoms with Crippen LogP contribution in [0, 0.1) is 0 Å². The fourth-order valence-electron chi connectivity index (χ4n) is 1.80. The summed E-state index contributed by atoms with van der Waals surface area (Å²) in [5.74, 6) is -0.642. The minimum atomic E-state index is -1.88. The van der Waals surface area contributed by atoms with Gasteiger partial charge in [0.2, 0.25) is 0 Å². The van der Waals surface area contributed by atoms with Gasteiger partial charge in [0, 0.05) is 6.42 Å². The zero-order chi connectivity index (χ0) is 16.6. The lowest BCUT2D eigenvalue weighted by Crippen LogP contribution is -2.45. The van der Waals surface area contributed by atoms with Crippen molar-refractivity contribution >= 4 is 12.1 Å². The van der Waals surface area contributed by atoms with Crippen LogP contribution in [0.4, 0.5) is 4.79 Å². The molecule has 1 saturated heterocycles. The molecular formula is C14H25NO5. The van der Waals surface area contributed by atoms with E-state index in [2.05, 4.69) is 0 Å². The van der Waals surface area contributed by atoms with Crippen molar-refractivity contribution < 1.29 is 25.5 Å². The molecule has 2 atom stereocenters. The largest absolute Gasteiger partial charge is 0.458 e. The molecule has 6 nitrogen and oxygen atoms in total. The first-order valence-corrected chi connectivity index (χ1v) is 6.65. The first-order valence-electron chi connectivity index (χ1n) is 7.15. The molecule has 1 aliphatic heterocycles. The van der Waals surface area contributed by atoms with Gasteiger partial charge in [-0.1, -0.05) is 0 Å². The van der Waals surface area contributed by atoms with Crippen LogP contribution in [0.15, 0.2) is 0 Å². The summed E-state index contributed by atoms with van der Waals surface area (Å²) in [5, 5.41) is 9.84. The number of carbonyl (C=O) groups excluding carboxylic acids is 2. The highest BCUT2D eigenvalue weighted by Crippen LogP contribution is 2.24. The topological polar surface area (TPSA) is 76.1 Å². The van der Waals surface area contributed by atoms with Crippen molar-refractivity contribution in [2.75, 3.05) is 6.54 Å². The minimum Gasteiger partial charge on any atom is -0.458 e. The van der Waals surface area contributed by atoms with Crippen molar-refractivity contribution in [1.29, 1.82) is 0 Å². The molecule has 0 aromatic carbocycles. The third-order valence-electron chi connectivity index (χ3n) is 2.46. The summed E-state index contributed by atoms with van der Waals surface area (Å²) in [4.78, 5) is 25.4. The Hall–Kier alpha value is -1.30. The second-order valence-electron chi connectivity index (χ2n) is 6.93. The zero-order valence-electron chi connectivity index (χ0n) is 14.0. The molecule has 0 aliphatic carbocycles. The Morgan fingerprint density at radius 3 is 2.10 bits per heavy atom. The molecule has 1 amide bonds. The molecule has 6 heteroatoms. The lowest BCUT2D eigenvalue weighted by molar-refractivity contribution is -0.160. The lowest BCUT2D eigenvalue weighted by atomic mass is 10.1. The fourth-order valence-corrected chi connectivity index (χ4v) is 1.80. The number of β-amino-alcohol motifs (C(OH)–C–C–N with tert-alkyl or cyclic N) is 1. The van der Waals surface area contributed by atoms with Gasteiger partial charge in [-0.15, -0.1) is 0 Å². The molecule has 0 bridgehead atoms. The van der Waals surface area contributed by atoms with Gasteiger partial charge in [0.05, 0.1) is 14.0 Å². The smallest absolute Gasteiger partial charge is 0.411 e. The standard InChI is InChI=1S/C14H25NO5/c1-13(2,3)19-11(17)10-7-9(16)8-15(10)12(18)20-14(4,5)6/h9-10,16H,7-8H2,1-6H3/t9?,10-/m0/s1/i9D. The molecule has 1 heterocycles. The van der Waals surface area contributed by atoms with E-state index in [-0.39, 0.29) is 13.0 Å². The van der Waals surface area contributed by atoms with Crippen LogP contribution in [0.5, 0.6) is 0 Å². The third-order valence-corrected chi connectivity index (χ3v) is 2.46. The Labute approximate surface area is 121 Å². The summed E-state index contributed by atoms with van der Waals surface area (Å²) in [7, 11) is 0. The first kappa shape index (κ1) is 15.1. The number of esters is 1. The molecule has 116 valence electrons. The molecule has 1 aliphatic rings. The Balaban J connectivity index is 2.89. The quantitative estimate of drug-likeness (QED) is 0.743. The maximum atomic E-state index is 12.2. The van der Waals surface area contributed by atoms with E-state index in [9.17, 15) is 14.7 Å². The van der Waals surface area contributed by atoms with E-state index >= 15 is 0 Å². The number of nitrogens with zero attached hydrogens (tertiary/aromatic N) is 1. The molecule has 0 radical (unpaired) electrons. The van der Waals surface area contributed by atoms with Crippen molar-refractivity contribution in [2.45, 2.75) is 71.3 Å². The van der Waals surface area contributed by atoms with Crippen LogP contribution >= 0.6 is 0 Å². The average molecular weight is 288 g/mol. The molecule has 20 heavy (non-hydrogen) atoms. The maximum absolute atomic E-state index is 12.2. The monoisotopic (exact) mass is 288 g/mol. The maximum Gasteiger partial charge on any atom is 0.411 e. The Morgan fingerprint density at radius 2 is 1.65 bits per heavy atom. The van der Waals surface area contributed by atoms with Crippen LogP contribution in [-0.4, -0.2) is 51.9 Å². The van der Waals surface area contributed by atoms with Gasteiger partial charge in [-0.05, 0) is 41.5 Å². The summed E-state index contributed by atoms with van der Waals surface area (Å²) in [5.41, 5.74) is -1.43. The Bertz CT molecular complexity index is 384. The fraction of sp³-hybridized carbons (Fsp3) is 0.857. The van der Waals surface area contributed by atoms with E-state index in [4.69, 9.17) is 10.8 Å². The van der Waals surface area contributed by atoms with E-state index in [1.54, 1.807) is 41.5 Å². The molecular weight excluding hydrogens is 262 g/mol. The highest BCUT2D eigenvalue weighted by Gasteiger charge is 2.42. The summed E-state index contributed by atoms with van der Waals surface area (Å²) >= 11 is 0. The van der Waals surface area contributed by atoms with Gasteiger partial charge in [-0.2, -0.15) is 0 Å². The van der Waals surface area contributed by atoms with E-state index in [1.165, 1.54) is 0 Å². The summed E-state index contributed by atoms with van der Waals surface area (Å²) in [6.45, 7) is 9.97.